The Morgan fingerprint density at radius 2 is 1.90 bits per heavy atom. The van der Waals surface area contributed by atoms with E-state index in [0.717, 1.165) is 13.0 Å². The summed E-state index contributed by atoms with van der Waals surface area (Å²) in [4.78, 5) is 15.5. The molecular weight excluding hydrogens is 391 g/mol. The van der Waals surface area contributed by atoms with Crippen LogP contribution >= 0.6 is 11.6 Å². The molecule has 0 bridgehead atoms. The summed E-state index contributed by atoms with van der Waals surface area (Å²) in [5, 5.41) is 7.73. The van der Waals surface area contributed by atoms with Crippen molar-refractivity contribution in [1.29, 1.82) is 0 Å². The van der Waals surface area contributed by atoms with E-state index in [2.05, 4.69) is 15.3 Å². The highest BCUT2D eigenvalue weighted by molar-refractivity contribution is 6.33. The Kier molecular flexibility index (Phi) is 6.20. The number of aryl methyl sites for hydroxylation is 1. The molecule has 1 aromatic carbocycles. The van der Waals surface area contributed by atoms with Crippen LogP contribution in [0.25, 0.3) is 5.69 Å². The van der Waals surface area contributed by atoms with Crippen LogP contribution in [0.3, 0.4) is 0 Å². The molecule has 2 fully saturated rings. The van der Waals surface area contributed by atoms with E-state index in [1.165, 1.54) is 55.3 Å². The largest absolute Gasteiger partial charge is 0.350 e. The highest BCUT2D eigenvalue weighted by Gasteiger charge is 2.32. The second kappa shape index (κ2) is 8.84. The number of aromatic nitrogens is 2. The minimum Gasteiger partial charge on any atom is -0.350 e. The molecule has 1 saturated heterocycles. The molecular formula is C22H28ClFN4O. The number of carbonyl (C=O) groups excluding carboxylic acids is 1. The number of halogens is 2. The van der Waals surface area contributed by atoms with Crippen molar-refractivity contribution in [2.45, 2.75) is 64.0 Å². The summed E-state index contributed by atoms with van der Waals surface area (Å²) in [5.74, 6) is -0.526. The number of carbonyl (C=O) groups is 1. The van der Waals surface area contributed by atoms with Crippen molar-refractivity contribution >= 4 is 17.5 Å². The molecule has 5 nitrogen and oxygen atoms in total. The third kappa shape index (κ3) is 4.33. The Morgan fingerprint density at radius 3 is 2.62 bits per heavy atom. The van der Waals surface area contributed by atoms with Crippen LogP contribution in [-0.4, -0.2) is 45.8 Å². The van der Waals surface area contributed by atoms with Crippen molar-refractivity contribution in [2.24, 2.45) is 0 Å². The van der Waals surface area contributed by atoms with Crippen LogP contribution in [0.15, 0.2) is 24.3 Å². The molecule has 1 atom stereocenters. The van der Waals surface area contributed by atoms with Gasteiger partial charge in [0.1, 0.15) is 11.0 Å². The number of nitrogens with zero attached hydrogens (tertiary/aromatic N) is 3. The summed E-state index contributed by atoms with van der Waals surface area (Å²) in [5.41, 5.74) is 1.57. The van der Waals surface area contributed by atoms with Gasteiger partial charge in [-0.3, -0.25) is 9.69 Å². The van der Waals surface area contributed by atoms with E-state index in [1.807, 2.05) is 0 Å². The first-order chi connectivity index (χ1) is 14.0. The summed E-state index contributed by atoms with van der Waals surface area (Å²) >= 11 is 6.48. The Bertz CT molecular complexity index is 860. The SMILES string of the molecule is Cc1nn(-c2ccc(F)cc2)c(Cl)c1C(=O)NC[C@H]1CCCN1C1CCCCC1. The minimum absolute atomic E-state index is 0.198. The highest BCUT2D eigenvalue weighted by Crippen LogP contribution is 2.29. The van der Waals surface area contributed by atoms with Gasteiger partial charge in [-0.1, -0.05) is 30.9 Å². The first-order valence-electron chi connectivity index (χ1n) is 10.6. The van der Waals surface area contributed by atoms with Gasteiger partial charge in [0, 0.05) is 18.6 Å². The van der Waals surface area contributed by atoms with Crippen molar-refractivity contribution in [3.05, 3.63) is 46.5 Å². The Balaban J connectivity index is 1.44. The van der Waals surface area contributed by atoms with Crippen molar-refractivity contribution in [3.63, 3.8) is 0 Å². The molecule has 0 spiro atoms. The molecule has 0 radical (unpaired) electrons. The maximum absolute atomic E-state index is 13.2. The predicted molar refractivity (Wildman–Crippen MR) is 112 cm³/mol. The fourth-order valence-corrected chi connectivity index (χ4v) is 5.14. The number of hydrogen-bond donors (Lipinski definition) is 1. The summed E-state index contributed by atoms with van der Waals surface area (Å²) < 4.78 is 14.7. The molecule has 29 heavy (non-hydrogen) atoms. The second-order valence-corrected chi connectivity index (χ2v) is 8.53. The molecule has 0 unspecified atom stereocenters. The van der Waals surface area contributed by atoms with Gasteiger partial charge in [0.15, 0.2) is 0 Å². The van der Waals surface area contributed by atoms with Crippen LogP contribution in [0.2, 0.25) is 5.15 Å². The van der Waals surface area contributed by atoms with E-state index in [4.69, 9.17) is 11.6 Å². The second-order valence-electron chi connectivity index (χ2n) is 8.18. The molecule has 7 heteroatoms. The van der Waals surface area contributed by atoms with Crippen LogP contribution in [0.4, 0.5) is 4.39 Å². The molecule has 2 aliphatic rings. The molecule has 1 saturated carbocycles. The van der Waals surface area contributed by atoms with Gasteiger partial charge in [0.25, 0.3) is 5.91 Å². The van der Waals surface area contributed by atoms with Crippen LogP contribution in [0.1, 0.15) is 61.0 Å². The first kappa shape index (κ1) is 20.4. The maximum atomic E-state index is 13.2. The van der Waals surface area contributed by atoms with E-state index >= 15 is 0 Å². The monoisotopic (exact) mass is 418 g/mol. The fraction of sp³-hybridized carbons (Fsp3) is 0.545. The number of benzene rings is 1. The van der Waals surface area contributed by atoms with Crippen LogP contribution in [0.5, 0.6) is 0 Å². The summed E-state index contributed by atoms with van der Waals surface area (Å²) in [7, 11) is 0. The van der Waals surface area contributed by atoms with Crippen molar-refractivity contribution < 1.29 is 9.18 Å². The molecule has 1 aliphatic carbocycles. The number of rotatable bonds is 5. The number of nitrogens with one attached hydrogen (secondary N) is 1. The Morgan fingerprint density at radius 1 is 1.17 bits per heavy atom. The van der Waals surface area contributed by atoms with Gasteiger partial charge in [-0.05, 0) is 63.4 Å². The first-order valence-corrected chi connectivity index (χ1v) is 11.0. The lowest BCUT2D eigenvalue weighted by Gasteiger charge is -2.35. The Hall–Kier alpha value is -1.92. The van der Waals surface area contributed by atoms with Gasteiger partial charge in [0.2, 0.25) is 0 Å². The quantitative estimate of drug-likeness (QED) is 0.777. The summed E-state index contributed by atoms with van der Waals surface area (Å²) in [6.07, 6.45) is 8.86. The standard InChI is InChI=1S/C22H28ClFN4O/c1-15-20(21(23)28(26-15)18-11-9-16(24)10-12-18)22(29)25-14-19-8-5-13-27(19)17-6-3-2-4-7-17/h9-12,17,19H,2-8,13-14H2,1H3,(H,25,29)/t19-/m1/s1. The molecule has 1 amide bonds. The lowest BCUT2D eigenvalue weighted by atomic mass is 9.94. The maximum Gasteiger partial charge on any atom is 0.256 e. The van der Waals surface area contributed by atoms with Crippen molar-refractivity contribution in [3.8, 4) is 5.69 Å². The van der Waals surface area contributed by atoms with Crippen LogP contribution < -0.4 is 5.32 Å². The lowest BCUT2D eigenvalue weighted by molar-refractivity contribution is 0.0920. The van der Waals surface area contributed by atoms with Crippen LogP contribution in [-0.2, 0) is 0 Å². The number of amides is 1. The predicted octanol–water partition coefficient (Wildman–Crippen LogP) is 4.50. The normalized spacial score (nSPS) is 20.9. The molecule has 4 rings (SSSR count). The highest BCUT2D eigenvalue weighted by atomic mass is 35.5. The average Bonchev–Trinajstić information content (AvgIpc) is 3.31. The molecule has 1 aromatic heterocycles. The lowest BCUT2D eigenvalue weighted by Crippen LogP contribution is -2.45. The van der Waals surface area contributed by atoms with E-state index in [-0.39, 0.29) is 16.9 Å². The summed E-state index contributed by atoms with van der Waals surface area (Å²) in [6, 6.07) is 6.95. The topological polar surface area (TPSA) is 50.2 Å². The van der Waals surface area contributed by atoms with E-state index in [0.29, 0.717) is 35.6 Å². The van der Waals surface area contributed by atoms with Crippen molar-refractivity contribution in [1.82, 2.24) is 20.0 Å². The third-order valence-corrected chi connectivity index (χ3v) is 6.62. The van der Waals surface area contributed by atoms with E-state index in [1.54, 1.807) is 19.1 Å². The Labute approximate surface area is 176 Å². The van der Waals surface area contributed by atoms with Crippen molar-refractivity contribution in [2.75, 3.05) is 13.1 Å². The fourth-order valence-electron chi connectivity index (χ4n) is 4.78. The molecule has 2 heterocycles. The number of hydrogen-bond acceptors (Lipinski definition) is 3. The van der Waals surface area contributed by atoms with Gasteiger partial charge in [-0.2, -0.15) is 5.10 Å². The van der Waals surface area contributed by atoms with Gasteiger partial charge in [-0.25, -0.2) is 9.07 Å². The van der Waals surface area contributed by atoms with Gasteiger partial charge < -0.3 is 5.32 Å². The third-order valence-electron chi connectivity index (χ3n) is 6.27. The molecule has 2 aromatic rings. The molecule has 156 valence electrons. The molecule has 1 aliphatic heterocycles. The zero-order chi connectivity index (χ0) is 20.4. The van der Waals surface area contributed by atoms with E-state index < -0.39 is 0 Å². The van der Waals surface area contributed by atoms with Gasteiger partial charge in [0.05, 0.1) is 16.9 Å². The van der Waals surface area contributed by atoms with Gasteiger partial charge in [-0.15, -0.1) is 0 Å². The zero-order valence-electron chi connectivity index (χ0n) is 16.8. The molecule has 1 N–H and O–H groups in total. The number of likely N-dealkylation sites (tertiary alicyclic amines) is 1. The minimum atomic E-state index is -0.328. The van der Waals surface area contributed by atoms with Crippen LogP contribution in [0, 0.1) is 12.7 Å². The smallest absolute Gasteiger partial charge is 0.256 e. The van der Waals surface area contributed by atoms with Gasteiger partial charge >= 0.3 is 0 Å². The van der Waals surface area contributed by atoms with E-state index in [9.17, 15) is 9.18 Å². The zero-order valence-corrected chi connectivity index (χ0v) is 17.6. The summed E-state index contributed by atoms with van der Waals surface area (Å²) in [6.45, 7) is 3.53. The average molecular weight is 419 g/mol.